The molecular weight excluding hydrogens is 336 g/mol. The summed E-state index contributed by atoms with van der Waals surface area (Å²) >= 11 is 10.8. The van der Waals surface area contributed by atoms with Gasteiger partial charge in [0.2, 0.25) is 0 Å². The van der Waals surface area contributed by atoms with Crippen LogP contribution in [-0.4, -0.2) is 19.4 Å². The van der Waals surface area contributed by atoms with Gasteiger partial charge in [-0.1, -0.05) is 34.5 Å². The number of halogens is 2. The minimum Gasteiger partial charge on any atom is -0.298 e. The number of fused-ring (bicyclic) bond motifs is 1. The Kier molecular flexibility index (Phi) is 4.70. The summed E-state index contributed by atoms with van der Waals surface area (Å²) in [6.07, 6.45) is 2.00. The molecule has 1 aromatic carbocycles. The van der Waals surface area contributed by atoms with E-state index in [1.807, 2.05) is 19.1 Å². The van der Waals surface area contributed by atoms with Gasteiger partial charge < -0.3 is 0 Å². The van der Waals surface area contributed by atoms with Crippen LogP contribution in [0.5, 0.6) is 0 Å². The summed E-state index contributed by atoms with van der Waals surface area (Å²) in [4.78, 5) is 11.6. The van der Waals surface area contributed by atoms with Crippen LogP contribution in [0.25, 0.3) is 11.0 Å². The molecule has 0 aliphatic heterocycles. The highest BCUT2D eigenvalue weighted by atomic mass is 79.9. The van der Waals surface area contributed by atoms with E-state index in [0.717, 1.165) is 34.7 Å². The number of hydrogen-bond acceptors (Lipinski definition) is 4. The fourth-order valence-electron chi connectivity index (χ4n) is 1.77. The highest BCUT2D eigenvalue weighted by molar-refractivity contribution is 9.10. The Morgan fingerprint density at radius 3 is 3.00 bits per heavy atom. The second-order valence-corrected chi connectivity index (χ2v) is 6.09. The zero-order chi connectivity index (χ0) is 13.1. The van der Waals surface area contributed by atoms with Gasteiger partial charge in [-0.15, -0.1) is 0 Å². The first-order valence-corrected chi connectivity index (χ1v) is 7.72. The van der Waals surface area contributed by atoms with Crippen LogP contribution < -0.4 is 0 Å². The fourth-order valence-corrected chi connectivity index (χ4v) is 3.11. The summed E-state index contributed by atoms with van der Waals surface area (Å²) in [5.74, 6) is 0.203. The van der Waals surface area contributed by atoms with Crippen molar-refractivity contribution in [3.8, 4) is 0 Å². The number of carbonyl (C=O) groups is 1. The Labute approximate surface area is 123 Å². The lowest BCUT2D eigenvalue weighted by molar-refractivity contribution is -0.118. The molecule has 0 fully saturated rings. The van der Waals surface area contributed by atoms with E-state index >= 15 is 0 Å². The molecule has 96 valence electrons. The maximum absolute atomic E-state index is 11.8. The minimum atomic E-state index is -0.206. The van der Waals surface area contributed by atoms with E-state index < -0.39 is 0 Å². The van der Waals surface area contributed by atoms with Crippen LogP contribution in [0, 0.1) is 0 Å². The van der Waals surface area contributed by atoms with Crippen LogP contribution in [0.2, 0.25) is 5.02 Å². The number of rotatable bonds is 5. The summed E-state index contributed by atoms with van der Waals surface area (Å²) in [5, 5.41) is 0.643. The molecule has 1 heterocycles. The average molecular weight is 348 g/mol. The van der Waals surface area contributed by atoms with E-state index in [-0.39, 0.29) is 10.6 Å². The predicted octanol–water partition coefficient (Wildman–Crippen LogP) is 4.02. The molecule has 0 bridgehead atoms. The largest absolute Gasteiger partial charge is 0.298 e. The van der Waals surface area contributed by atoms with Gasteiger partial charge in [0.15, 0.2) is 0 Å². The molecule has 0 N–H and O–H groups in total. The average Bonchev–Trinajstić information content (AvgIpc) is 2.81. The van der Waals surface area contributed by atoms with Gasteiger partial charge in [0.05, 0.1) is 16.6 Å². The van der Waals surface area contributed by atoms with Crippen LogP contribution in [0.1, 0.15) is 25.3 Å². The van der Waals surface area contributed by atoms with Crippen molar-refractivity contribution in [2.75, 3.05) is 0 Å². The second kappa shape index (κ2) is 6.08. The molecule has 1 atom stereocenters. The van der Waals surface area contributed by atoms with Crippen molar-refractivity contribution in [1.82, 2.24) is 8.75 Å². The normalized spacial score (nSPS) is 12.8. The Balaban J connectivity index is 2.28. The van der Waals surface area contributed by atoms with Gasteiger partial charge in [0, 0.05) is 17.0 Å². The first-order valence-electron chi connectivity index (χ1n) is 5.70. The number of hydrogen-bond donors (Lipinski definition) is 0. The molecule has 0 spiro atoms. The quantitative estimate of drug-likeness (QED) is 0.767. The first-order chi connectivity index (χ1) is 8.63. The third-order valence-electron chi connectivity index (χ3n) is 2.70. The van der Waals surface area contributed by atoms with E-state index in [1.54, 1.807) is 0 Å². The van der Waals surface area contributed by atoms with Crippen LogP contribution >= 0.6 is 39.3 Å². The topological polar surface area (TPSA) is 42.9 Å². The van der Waals surface area contributed by atoms with Crippen molar-refractivity contribution in [3.05, 3.63) is 22.7 Å². The summed E-state index contributed by atoms with van der Waals surface area (Å²) < 4.78 is 8.43. The number of benzene rings is 1. The van der Waals surface area contributed by atoms with Gasteiger partial charge in [0.1, 0.15) is 16.8 Å². The zero-order valence-corrected chi connectivity index (χ0v) is 13.0. The van der Waals surface area contributed by atoms with Crippen LogP contribution in [0.4, 0.5) is 0 Å². The number of ketones is 1. The van der Waals surface area contributed by atoms with Crippen molar-refractivity contribution in [3.63, 3.8) is 0 Å². The molecule has 0 saturated heterocycles. The van der Waals surface area contributed by atoms with Gasteiger partial charge in [0.25, 0.3) is 0 Å². The van der Waals surface area contributed by atoms with Gasteiger partial charge in [-0.2, -0.15) is 8.75 Å². The zero-order valence-electron chi connectivity index (χ0n) is 9.82. The maximum atomic E-state index is 11.8. The standard InChI is InChI=1S/C12H12BrClN2OS/c1-2-3-11(17)8(13)6-7-9(14)4-5-10-12(7)16-18-15-10/h4-5,8H,2-3,6H2,1H3. The monoisotopic (exact) mass is 346 g/mol. The van der Waals surface area contributed by atoms with Gasteiger partial charge in [-0.3, -0.25) is 4.79 Å². The molecule has 2 rings (SSSR count). The number of aromatic nitrogens is 2. The lowest BCUT2D eigenvalue weighted by Gasteiger charge is -2.10. The Bertz CT molecular complexity index is 572. The van der Waals surface area contributed by atoms with Crippen LogP contribution in [-0.2, 0) is 11.2 Å². The molecule has 0 saturated carbocycles. The van der Waals surface area contributed by atoms with Gasteiger partial charge in [-0.25, -0.2) is 0 Å². The number of alkyl halides is 1. The Morgan fingerprint density at radius 2 is 2.28 bits per heavy atom. The smallest absolute Gasteiger partial charge is 0.146 e. The molecular formula is C12H12BrClN2OS. The molecule has 0 amide bonds. The molecule has 0 radical (unpaired) electrons. The van der Waals surface area contributed by atoms with Gasteiger partial charge in [-0.05, 0) is 25.0 Å². The van der Waals surface area contributed by atoms with E-state index in [2.05, 4.69) is 24.7 Å². The molecule has 18 heavy (non-hydrogen) atoms. The fraction of sp³-hybridized carbons (Fsp3) is 0.417. The van der Waals surface area contributed by atoms with E-state index in [4.69, 9.17) is 11.6 Å². The van der Waals surface area contributed by atoms with E-state index in [9.17, 15) is 4.79 Å². The molecule has 6 heteroatoms. The molecule has 1 unspecified atom stereocenters. The van der Waals surface area contributed by atoms with Gasteiger partial charge >= 0.3 is 0 Å². The summed E-state index contributed by atoms with van der Waals surface area (Å²) in [6.45, 7) is 2.00. The van der Waals surface area contributed by atoms with Crippen LogP contribution in [0.3, 0.4) is 0 Å². The molecule has 1 aromatic heterocycles. The van der Waals surface area contributed by atoms with Crippen molar-refractivity contribution < 1.29 is 4.79 Å². The number of nitrogens with zero attached hydrogens (tertiary/aromatic N) is 2. The Hall–Kier alpha value is -0.520. The lowest BCUT2D eigenvalue weighted by Crippen LogP contribution is -2.16. The summed E-state index contributed by atoms with van der Waals surface area (Å²) in [7, 11) is 0. The minimum absolute atomic E-state index is 0.203. The highest BCUT2D eigenvalue weighted by Crippen LogP contribution is 2.27. The third kappa shape index (κ3) is 2.90. The number of Topliss-reactive ketones (excluding diaryl/α,β-unsaturated/α-hetero) is 1. The summed E-state index contributed by atoms with van der Waals surface area (Å²) in [6, 6.07) is 3.66. The SMILES string of the molecule is CCCC(=O)C(Br)Cc1c(Cl)ccc2nsnc12. The van der Waals surface area contributed by atoms with E-state index in [1.165, 1.54) is 0 Å². The molecule has 2 aromatic rings. The third-order valence-corrected chi connectivity index (χ3v) is 4.44. The number of carbonyl (C=O) groups excluding carboxylic acids is 1. The lowest BCUT2D eigenvalue weighted by atomic mass is 10.0. The second-order valence-electron chi connectivity index (χ2n) is 4.05. The van der Waals surface area contributed by atoms with E-state index in [0.29, 0.717) is 17.9 Å². The molecule has 0 aliphatic carbocycles. The van der Waals surface area contributed by atoms with Crippen molar-refractivity contribution in [2.45, 2.75) is 31.0 Å². The first kappa shape index (κ1) is 13.9. The molecule has 3 nitrogen and oxygen atoms in total. The maximum Gasteiger partial charge on any atom is 0.146 e. The Morgan fingerprint density at radius 1 is 1.50 bits per heavy atom. The summed E-state index contributed by atoms with van der Waals surface area (Å²) in [5.41, 5.74) is 2.54. The van der Waals surface area contributed by atoms with Crippen LogP contribution in [0.15, 0.2) is 12.1 Å². The van der Waals surface area contributed by atoms with Crippen molar-refractivity contribution in [1.29, 1.82) is 0 Å². The molecule has 0 aliphatic rings. The van der Waals surface area contributed by atoms with Crippen molar-refractivity contribution >= 4 is 56.1 Å². The highest BCUT2D eigenvalue weighted by Gasteiger charge is 2.19. The van der Waals surface area contributed by atoms with Crippen molar-refractivity contribution in [2.24, 2.45) is 0 Å². The predicted molar refractivity (Wildman–Crippen MR) is 78.8 cm³/mol.